The van der Waals surface area contributed by atoms with Gasteiger partial charge in [0.15, 0.2) is 11.5 Å². The van der Waals surface area contributed by atoms with E-state index in [-0.39, 0.29) is 12.7 Å². The van der Waals surface area contributed by atoms with Crippen LogP contribution in [-0.4, -0.2) is 26.4 Å². The highest BCUT2D eigenvalue weighted by Gasteiger charge is 2.16. The van der Waals surface area contributed by atoms with Gasteiger partial charge in [0.05, 0.1) is 7.11 Å². The Bertz CT molecular complexity index is 733. The second-order valence-electron chi connectivity index (χ2n) is 5.03. The van der Waals surface area contributed by atoms with Crippen LogP contribution in [0.25, 0.3) is 0 Å². The summed E-state index contributed by atoms with van der Waals surface area (Å²) in [6, 6.07) is 10.6. The van der Waals surface area contributed by atoms with Gasteiger partial charge in [-0.1, -0.05) is 11.6 Å². The first-order valence-corrected chi connectivity index (χ1v) is 7.55. The minimum absolute atomic E-state index is 0.163. The van der Waals surface area contributed by atoms with Crippen LogP contribution in [0.3, 0.4) is 0 Å². The van der Waals surface area contributed by atoms with Gasteiger partial charge in [0, 0.05) is 17.1 Å². The number of hydrogen-bond donors (Lipinski definition) is 1. The smallest absolute Gasteiger partial charge is 0.251 e. The fourth-order valence-electron chi connectivity index (χ4n) is 2.39. The molecule has 0 atom stereocenters. The zero-order chi connectivity index (χ0) is 16.2. The molecule has 0 aromatic heterocycles. The van der Waals surface area contributed by atoms with E-state index in [0.717, 1.165) is 11.3 Å². The first-order valence-electron chi connectivity index (χ1n) is 7.17. The number of carbonyl (C=O) groups excluding carboxylic acids is 1. The van der Waals surface area contributed by atoms with Crippen molar-refractivity contribution >= 4 is 17.5 Å². The molecule has 0 radical (unpaired) electrons. The Labute approximate surface area is 139 Å². The number of nitrogens with one attached hydrogen (secondary N) is 1. The van der Waals surface area contributed by atoms with Crippen molar-refractivity contribution in [1.82, 2.24) is 5.32 Å². The number of methoxy groups -OCH3 is 1. The number of halogens is 1. The molecule has 0 fully saturated rings. The number of fused-ring (bicyclic) bond motifs is 1. The van der Waals surface area contributed by atoms with Gasteiger partial charge in [-0.3, -0.25) is 4.79 Å². The maximum absolute atomic E-state index is 12.2. The standard InChI is InChI=1S/C17H16ClNO4/c1-21-14-5-3-13(18)8-11(14)6-7-19-17(20)12-2-4-15-16(9-12)23-10-22-15/h2-5,8-9H,6-7,10H2,1H3,(H,19,20). The van der Waals surface area contributed by atoms with Crippen molar-refractivity contribution in [2.75, 3.05) is 20.4 Å². The molecule has 0 saturated heterocycles. The van der Waals surface area contributed by atoms with E-state index >= 15 is 0 Å². The van der Waals surface area contributed by atoms with Gasteiger partial charge in [-0.05, 0) is 48.4 Å². The van der Waals surface area contributed by atoms with E-state index in [2.05, 4.69) is 5.32 Å². The molecule has 1 heterocycles. The van der Waals surface area contributed by atoms with Gasteiger partial charge in [0.2, 0.25) is 6.79 Å². The van der Waals surface area contributed by atoms with Crippen LogP contribution in [0.2, 0.25) is 5.02 Å². The summed E-state index contributed by atoms with van der Waals surface area (Å²) in [5.74, 6) is 1.84. The highest BCUT2D eigenvalue weighted by molar-refractivity contribution is 6.30. The van der Waals surface area contributed by atoms with Crippen LogP contribution >= 0.6 is 11.6 Å². The predicted molar refractivity (Wildman–Crippen MR) is 86.6 cm³/mol. The lowest BCUT2D eigenvalue weighted by atomic mass is 10.1. The zero-order valence-electron chi connectivity index (χ0n) is 12.6. The summed E-state index contributed by atoms with van der Waals surface area (Å²) in [7, 11) is 1.61. The van der Waals surface area contributed by atoms with E-state index in [0.29, 0.717) is 35.1 Å². The average molecular weight is 334 g/mol. The Morgan fingerprint density at radius 2 is 2.04 bits per heavy atom. The Morgan fingerprint density at radius 3 is 2.87 bits per heavy atom. The lowest BCUT2D eigenvalue weighted by Crippen LogP contribution is -2.25. The van der Waals surface area contributed by atoms with Gasteiger partial charge < -0.3 is 19.5 Å². The molecule has 6 heteroatoms. The van der Waals surface area contributed by atoms with Crippen LogP contribution in [-0.2, 0) is 6.42 Å². The Kier molecular flexibility index (Phi) is 4.57. The van der Waals surface area contributed by atoms with Crippen molar-refractivity contribution in [2.45, 2.75) is 6.42 Å². The molecular weight excluding hydrogens is 318 g/mol. The molecule has 120 valence electrons. The van der Waals surface area contributed by atoms with Gasteiger partial charge in [-0.25, -0.2) is 0 Å². The van der Waals surface area contributed by atoms with Gasteiger partial charge in [0.1, 0.15) is 5.75 Å². The van der Waals surface area contributed by atoms with Gasteiger partial charge in [-0.2, -0.15) is 0 Å². The molecule has 23 heavy (non-hydrogen) atoms. The van der Waals surface area contributed by atoms with E-state index in [9.17, 15) is 4.79 Å². The molecule has 1 aliphatic heterocycles. The van der Waals surface area contributed by atoms with Crippen molar-refractivity contribution in [3.8, 4) is 17.2 Å². The third kappa shape index (κ3) is 3.51. The molecule has 2 aromatic rings. The molecule has 1 amide bonds. The number of carbonyl (C=O) groups is 1. The van der Waals surface area contributed by atoms with Crippen molar-refractivity contribution in [3.63, 3.8) is 0 Å². The first kappa shape index (κ1) is 15.5. The normalized spacial score (nSPS) is 12.1. The number of rotatable bonds is 5. The lowest BCUT2D eigenvalue weighted by molar-refractivity contribution is 0.0953. The summed E-state index contributed by atoms with van der Waals surface area (Å²) in [5, 5.41) is 3.52. The third-order valence-corrected chi connectivity index (χ3v) is 3.79. The average Bonchev–Trinajstić information content (AvgIpc) is 3.02. The Balaban J connectivity index is 1.60. The van der Waals surface area contributed by atoms with Crippen LogP contribution in [0.1, 0.15) is 15.9 Å². The molecule has 0 saturated carbocycles. The molecule has 1 N–H and O–H groups in total. The van der Waals surface area contributed by atoms with E-state index < -0.39 is 0 Å². The zero-order valence-corrected chi connectivity index (χ0v) is 13.4. The highest BCUT2D eigenvalue weighted by Crippen LogP contribution is 2.32. The number of hydrogen-bond acceptors (Lipinski definition) is 4. The van der Waals surface area contributed by atoms with Gasteiger partial charge in [-0.15, -0.1) is 0 Å². The topological polar surface area (TPSA) is 56.8 Å². The summed E-state index contributed by atoms with van der Waals surface area (Å²) >= 11 is 6.00. The molecule has 0 aliphatic carbocycles. The monoisotopic (exact) mass is 333 g/mol. The molecule has 0 unspecified atom stereocenters. The number of amides is 1. The minimum atomic E-state index is -0.163. The van der Waals surface area contributed by atoms with Crippen molar-refractivity contribution in [2.24, 2.45) is 0 Å². The van der Waals surface area contributed by atoms with Crippen LogP contribution in [0.5, 0.6) is 17.2 Å². The summed E-state index contributed by atoms with van der Waals surface area (Å²) in [4.78, 5) is 12.2. The summed E-state index contributed by atoms with van der Waals surface area (Å²) in [6.45, 7) is 0.666. The molecule has 1 aliphatic rings. The molecule has 0 spiro atoms. The summed E-state index contributed by atoms with van der Waals surface area (Å²) < 4.78 is 15.8. The fraction of sp³-hybridized carbons (Fsp3) is 0.235. The van der Waals surface area contributed by atoms with Gasteiger partial charge in [0.25, 0.3) is 5.91 Å². The number of ether oxygens (including phenoxy) is 3. The van der Waals surface area contributed by atoms with Crippen LogP contribution in [0.4, 0.5) is 0 Å². The van der Waals surface area contributed by atoms with Crippen LogP contribution in [0.15, 0.2) is 36.4 Å². The van der Waals surface area contributed by atoms with Crippen LogP contribution < -0.4 is 19.5 Å². The molecular formula is C17H16ClNO4. The van der Waals surface area contributed by atoms with Crippen molar-refractivity contribution in [1.29, 1.82) is 0 Å². The maximum atomic E-state index is 12.2. The van der Waals surface area contributed by atoms with Crippen molar-refractivity contribution in [3.05, 3.63) is 52.5 Å². The van der Waals surface area contributed by atoms with E-state index in [1.165, 1.54) is 0 Å². The molecule has 0 bridgehead atoms. The lowest BCUT2D eigenvalue weighted by Gasteiger charge is -2.10. The third-order valence-electron chi connectivity index (χ3n) is 3.56. The predicted octanol–water partition coefficient (Wildman–Crippen LogP) is 3.05. The fourth-order valence-corrected chi connectivity index (χ4v) is 2.59. The highest BCUT2D eigenvalue weighted by atomic mass is 35.5. The van der Waals surface area contributed by atoms with Crippen molar-refractivity contribution < 1.29 is 19.0 Å². The SMILES string of the molecule is COc1ccc(Cl)cc1CCNC(=O)c1ccc2c(c1)OCO2. The van der Waals surface area contributed by atoms with Crippen LogP contribution in [0, 0.1) is 0 Å². The Hall–Kier alpha value is -2.40. The number of benzene rings is 2. The van der Waals surface area contributed by atoms with Gasteiger partial charge >= 0.3 is 0 Å². The minimum Gasteiger partial charge on any atom is -0.496 e. The Morgan fingerprint density at radius 1 is 1.22 bits per heavy atom. The second kappa shape index (κ2) is 6.79. The van der Waals surface area contributed by atoms with E-state index in [1.54, 1.807) is 31.4 Å². The largest absolute Gasteiger partial charge is 0.496 e. The summed E-state index contributed by atoms with van der Waals surface area (Å²) in [5.41, 5.74) is 1.48. The first-order chi connectivity index (χ1) is 11.2. The quantitative estimate of drug-likeness (QED) is 0.913. The van der Waals surface area contributed by atoms with E-state index in [4.69, 9.17) is 25.8 Å². The summed E-state index contributed by atoms with van der Waals surface area (Å²) in [6.07, 6.45) is 0.625. The molecule has 2 aromatic carbocycles. The van der Waals surface area contributed by atoms with E-state index in [1.807, 2.05) is 12.1 Å². The molecule has 3 rings (SSSR count). The molecule has 5 nitrogen and oxygen atoms in total. The second-order valence-corrected chi connectivity index (χ2v) is 5.47. The maximum Gasteiger partial charge on any atom is 0.251 e.